The molecule has 0 radical (unpaired) electrons. The minimum Gasteiger partial charge on any atom is -0.395 e. The lowest BCUT2D eigenvalue weighted by molar-refractivity contribution is 0.222. The lowest BCUT2D eigenvalue weighted by Gasteiger charge is -2.23. The summed E-state index contributed by atoms with van der Waals surface area (Å²) in [6.07, 6.45) is 9.74. The van der Waals surface area contributed by atoms with Gasteiger partial charge in [0, 0.05) is 25.4 Å². The third kappa shape index (κ3) is 22.5. The molecule has 8 nitrogen and oxygen atoms in total. The van der Waals surface area contributed by atoms with Crippen molar-refractivity contribution < 1.29 is 5.11 Å². The summed E-state index contributed by atoms with van der Waals surface area (Å²) in [7, 11) is 3.77. The Bertz CT molecular complexity index is 843. The van der Waals surface area contributed by atoms with E-state index in [0.29, 0.717) is 18.5 Å². The van der Waals surface area contributed by atoms with E-state index in [1.54, 1.807) is 23.9 Å². The first-order valence-electron chi connectivity index (χ1n) is 13.7. The zero-order chi connectivity index (χ0) is 30.0. The monoisotopic (exact) mass is 533 g/mol. The van der Waals surface area contributed by atoms with Crippen molar-refractivity contribution in [3.05, 3.63) is 54.7 Å². The van der Waals surface area contributed by atoms with E-state index in [1.807, 2.05) is 53.0 Å². The van der Waals surface area contributed by atoms with E-state index in [4.69, 9.17) is 5.11 Å². The number of aliphatic hydroxyl groups excluding tert-OH is 1. The molecule has 1 aromatic rings. The molecule has 2 heterocycles. The molecule has 0 aromatic carbocycles. The number of hydrogen-bond acceptors (Lipinski definition) is 6. The molecule has 0 atom stereocenters. The Hall–Kier alpha value is -2.71. The SMILES string of the molecule is C=C/C=C/CN=C1CNc2nc(C)cc(=NC)n2N1.C=CC.CC.CCC(C)(C)C.CCCN(C)CCO. The zero-order valence-corrected chi connectivity index (χ0v) is 26.4. The molecule has 3 N–H and O–H groups in total. The first kappa shape index (κ1) is 39.8. The van der Waals surface area contributed by atoms with Crippen molar-refractivity contribution in [3.63, 3.8) is 0 Å². The molecule has 1 aromatic heterocycles. The normalized spacial score (nSPS) is 13.2. The molecule has 220 valence electrons. The number of likely N-dealkylation sites (N-methyl/N-ethyl adjacent to an activating group) is 1. The number of nitrogens with one attached hydrogen (secondary N) is 2. The second kappa shape index (κ2) is 25.9. The fraction of sp³-hybridized carbons (Fsp3) is 0.633. The Morgan fingerprint density at radius 3 is 2.24 bits per heavy atom. The van der Waals surface area contributed by atoms with Crippen LogP contribution in [0.15, 0.2) is 53.5 Å². The van der Waals surface area contributed by atoms with Gasteiger partial charge in [0.05, 0.1) is 19.7 Å². The van der Waals surface area contributed by atoms with Crippen LogP contribution in [0, 0.1) is 12.3 Å². The van der Waals surface area contributed by atoms with Gasteiger partial charge in [-0.2, -0.15) is 0 Å². The van der Waals surface area contributed by atoms with Crippen LogP contribution in [0.4, 0.5) is 5.95 Å². The average molecular weight is 534 g/mol. The Labute approximate surface area is 234 Å². The summed E-state index contributed by atoms with van der Waals surface area (Å²) in [5.74, 6) is 1.60. The van der Waals surface area contributed by atoms with Crippen molar-refractivity contribution in [1.29, 1.82) is 0 Å². The molecular weight excluding hydrogens is 474 g/mol. The molecule has 0 fully saturated rings. The molecule has 0 unspecified atom stereocenters. The Balaban J connectivity index is -0.000000534. The molecule has 1 aliphatic heterocycles. The van der Waals surface area contributed by atoms with Crippen molar-refractivity contribution in [2.75, 3.05) is 57.6 Å². The number of rotatable bonds is 7. The maximum atomic E-state index is 8.42. The van der Waals surface area contributed by atoms with Gasteiger partial charge in [0.25, 0.3) is 0 Å². The van der Waals surface area contributed by atoms with Gasteiger partial charge in [-0.15, -0.1) is 6.58 Å². The van der Waals surface area contributed by atoms with E-state index in [0.717, 1.165) is 42.5 Å². The summed E-state index contributed by atoms with van der Waals surface area (Å²) in [5.41, 5.74) is 5.49. The highest BCUT2D eigenvalue weighted by molar-refractivity contribution is 5.94. The second-order valence-corrected chi connectivity index (χ2v) is 9.40. The zero-order valence-electron chi connectivity index (χ0n) is 26.4. The maximum absolute atomic E-state index is 8.42. The van der Waals surface area contributed by atoms with E-state index >= 15 is 0 Å². The Morgan fingerprint density at radius 2 is 1.79 bits per heavy atom. The Kier molecular flexibility index (Phi) is 27.1. The summed E-state index contributed by atoms with van der Waals surface area (Å²) in [4.78, 5) is 15.2. The third-order valence-corrected chi connectivity index (χ3v) is 4.75. The van der Waals surface area contributed by atoms with Crippen LogP contribution < -0.4 is 16.2 Å². The van der Waals surface area contributed by atoms with Crippen LogP contribution in [-0.2, 0) is 0 Å². The van der Waals surface area contributed by atoms with Crippen molar-refractivity contribution in [2.24, 2.45) is 15.4 Å². The maximum Gasteiger partial charge on any atom is 0.224 e. The predicted molar refractivity (Wildman–Crippen MR) is 170 cm³/mol. The third-order valence-electron chi connectivity index (χ3n) is 4.75. The molecule has 8 heteroatoms. The molecule has 2 rings (SSSR count). The fourth-order valence-electron chi connectivity index (χ4n) is 2.41. The fourth-order valence-corrected chi connectivity index (χ4v) is 2.41. The van der Waals surface area contributed by atoms with Gasteiger partial charge in [-0.05, 0) is 39.3 Å². The van der Waals surface area contributed by atoms with Crippen LogP contribution in [0.3, 0.4) is 0 Å². The number of anilines is 1. The van der Waals surface area contributed by atoms with Gasteiger partial charge in [-0.3, -0.25) is 15.4 Å². The molecule has 0 saturated heterocycles. The van der Waals surface area contributed by atoms with Crippen molar-refractivity contribution in [2.45, 2.75) is 75.2 Å². The van der Waals surface area contributed by atoms with Crippen LogP contribution in [0.5, 0.6) is 0 Å². The van der Waals surface area contributed by atoms with Gasteiger partial charge < -0.3 is 15.3 Å². The molecule has 1 aliphatic rings. The lowest BCUT2D eigenvalue weighted by Crippen LogP contribution is -2.43. The molecule has 0 spiro atoms. The first-order chi connectivity index (χ1) is 18.0. The highest BCUT2D eigenvalue weighted by Crippen LogP contribution is 2.16. The van der Waals surface area contributed by atoms with Gasteiger partial charge in [0.15, 0.2) is 5.49 Å². The lowest BCUT2D eigenvalue weighted by atomic mass is 9.94. The minimum atomic E-state index is 0.274. The smallest absolute Gasteiger partial charge is 0.224 e. The van der Waals surface area contributed by atoms with Gasteiger partial charge in [0.2, 0.25) is 5.95 Å². The topological polar surface area (TPSA) is 90.1 Å². The summed E-state index contributed by atoms with van der Waals surface area (Å²) in [6.45, 7) is 29.3. The standard InChI is InChI=1S/C13H18N6.C6H15NO.C6H14.C3H6.C2H6/c1-4-5-6-7-15-11-9-16-13-17-10(2)8-12(14-3)19(13)18-11;1-3-4-7(2)5-6-8;1-5-6(2,3)4;1-3-2;1-2/h4-6,8H,1,7,9H2,2-3H3,(H,15,18)(H,16,17);8H,3-6H2,1-2H3;5H2,1-4H3;3H,1H2,2H3;1-2H3/b6-5+,14-12?;;;;. The number of aliphatic hydroxyl groups is 1. The molecule has 0 amide bonds. The molecular formula is C30H59N7O. The van der Waals surface area contributed by atoms with Crippen molar-refractivity contribution in [3.8, 4) is 0 Å². The quantitative estimate of drug-likeness (QED) is 0.304. The van der Waals surface area contributed by atoms with Crippen LogP contribution in [-0.4, -0.2) is 72.4 Å². The molecule has 0 bridgehead atoms. The average Bonchev–Trinajstić information content (AvgIpc) is 2.88. The van der Waals surface area contributed by atoms with Gasteiger partial charge in [0.1, 0.15) is 5.84 Å². The number of aromatic nitrogens is 2. The molecule has 0 aliphatic carbocycles. The van der Waals surface area contributed by atoms with Gasteiger partial charge in [-0.1, -0.05) is 85.8 Å². The molecule has 0 saturated carbocycles. The minimum absolute atomic E-state index is 0.274. The van der Waals surface area contributed by atoms with Crippen LogP contribution in [0.25, 0.3) is 0 Å². The second-order valence-electron chi connectivity index (χ2n) is 9.40. The number of nitrogens with zero attached hydrogens (tertiary/aromatic N) is 5. The number of allylic oxidation sites excluding steroid dienone is 3. The van der Waals surface area contributed by atoms with E-state index in [9.17, 15) is 0 Å². The molecule has 38 heavy (non-hydrogen) atoms. The largest absolute Gasteiger partial charge is 0.395 e. The summed E-state index contributed by atoms with van der Waals surface area (Å²) < 4.78 is 1.80. The van der Waals surface area contributed by atoms with Gasteiger partial charge >= 0.3 is 0 Å². The number of aryl methyl sites for hydroxylation is 1. The number of fused-ring (bicyclic) bond motifs is 1. The highest BCUT2D eigenvalue weighted by atomic mass is 16.3. The highest BCUT2D eigenvalue weighted by Gasteiger charge is 2.13. The summed E-state index contributed by atoms with van der Waals surface area (Å²) in [5, 5.41) is 11.6. The number of hydrogen-bond donors (Lipinski definition) is 3. The van der Waals surface area contributed by atoms with Crippen molar-refractivity contribution in [1.82, 2.24) is 14.6 Å². The van der Waals surface area contributed by atoms with E-state index in [-0.39, 0.29) is 6.61 Å². The van der Waals surface area contributed by atoms with Gasteiger partial charge in [-0.25, -0.2) is 9.66 Å². The predicted octanol–water partition coefficient (Wildman–Crippen LogP) is 5.81. The number of amidine groups is 1. The first-order valence-corrected chi connectivity index (χ1v) is 13.7. The Morgan fingerprint density at radius 1 is 1.21 bits per heavy atom. The van der Waals surface area contributed by atoms with Crippen LogP contribution >= 0.6 is 0 Å². The summed E-state index contributed by atoms with van der Waals surface area (Å²) >= 11 is 0. The van der Waals surface area contributed by atoms with E-state index in [1.165, 1.54) is 6.42 Å². The van der Waals surface area contributed by atoms with Crippen LogP contribution in [0.2, 0.25) is 0 Å². The number of aliphatic imine (C=N–C) groups is 1. The van der Waals surface area contributed by atoms with E-state index in [2.05, 4.69) is 78.4 Å². The summed E-state index contributed by atoms with van der Waals surface area (Å²) in [6, 6.07) is 1.92. The van der Waals surface area contributed by atoms with Crippen LogP contribution in [0.1, 0.15) is 73.9 Å². The van der Waals surface area contributed by atoms with Crippen molar-refractivity contribution >= 4 is 11.8 Å². The van der Waals surface area contributed by atoms with E-state index < -0.39 is 0 Å².